The Morgan fingerprint density at radius 1 is 1.27 bits per heavy atom. The van der Waals surface area contributed by atoms with Crippen molar-refractivity contribution < 1.29 is 4.74 Å². The van der Waals surface area contributed by atoms with E-state index in [1.165, 1.54) is 12.8 Å². The summed E-state index contributed by atoms with van der Waals surface area (Å²) in [5.41, 5.74) is 6.38. The number of ether oxygens (including phenoxy) is 1. The third kappa shape index (κ3) is 3.30. The summed E-state index contributed by atoms with van der Waals surface area (Å²) in [6.45, 7) is 0.621. The molecule has 1 aliphatic rings. The van der Waals surface area contributed by atoms with Crippen molar-refractivity contribution >= 4 is 0 Å². The van der Waals surface area contributed by atoms with Crippen LogP contribution in [0.15, 0.2) is 24.3 Å². The van der Waals surface area contributed by atoms with Gasteiger partial charge in [-0.15, -0.1) is 0 Å². The van der Waals surface area contributed by atoms with Crippen LogP contribution in [-0.2, 0) is 0 Å². The van der Waals surface area contributed by atoms with Crippen molar-refractivity contribution in [2.24, 2.45) is 5.73 Å². The van der Waals surface area contributed by atoms with E-state index in [0.29, 0.717) is 12.6 Å². The molecule has 2 nitrogen and oxygen atoms in total. The molecule has 0 spiro atoms. The lowest BCUT2D eigenvalue weighted by Crippen LogP contribution is -1.96. The Morgan fingerprint density at radius 2 is 2.00 bits per heavy atom. The molecule has 0 aromatic heterocycles. The minimum absolute atomic E-state index is 0.458. The van der Waals surface area contributed by atoms with Gasteiger partial charge in [0.05, 0.1) is 6.10 Å². The Balaban J connectivity index is 1.94. The summed E-state index contributed by atoms with van der Waals surface area (Å²) < 4.78 is 5.64. The van der Waals surface area contributed by atoms with Gasteiger partial charge in [0.1, 0.15) is 5.75 Å². The van der Waals surface area contributed by atoms with Gasteiger partial charge in [0.25, 0.3) is 0 Å². The lowest BCUT2D eigenvalue weighted by molar-refractivity contribution is 0.303. The monoisotopic (exact) mass is 201 g/mol. The number of benzene rings is 1. The molecule has 0 amide bonds. The van der Waals surface area contributed by atoms with Crippen LogP contribution in [0.2, 0.25) is 0 Å². The second kappa shape index (κ2) is 4.86. The highest BCUT2D eigenvalue weighted by Crippen LogP contribution is 2.26. The van der Waals surface area contributed by atoms with Crippen LogP contribution in [0.4, 0.5) is 0 Å². The van der Waals surface area contributed by atoms with E-state index in [-0.39, 0.29) is 0 Å². The lowest BCUT2D eigenvalue weighted by atomic mass is 10.2. The summed E-state index contributed by atoms with van der Waals surface area (Å²) in [5, 5.41) is 0. The number of nitrogens with two attached hydrogens (primary N) is 1. The molecule has 1 aromatic carbocycles. The van der Waals surface area contributed by atoms with E-state index in [1.54, 1.807) is 0 Å². The van der Waals surface area contributed by atoms with Crippen LogP contribution in [0.25, 0.3) is 0 Å². The maximum absolute atomic E-state index is 5.64. The topological polar surface area (TPSA) is 35.2 Å². The Bertz CT molecular complexity index is 368. The molecule has 1 fully saturated rings. The van der Waals surface area contributed by atoms with Gasteiger partial charge in [-0.1, -0.05) is 11.8 Å². The molecule has 0 aliphatic heterocycles. The molecule has 78 valence electrons. The van der Waals surface area contributed by atoms with Gasteiger partial charge in [-0.05, 0) is 37.1 Å². The van der Waals surface area contributed by atoms with Crippen molar-refractivity contribution in [1.29, 1.82) is 0 Å². The Labute approximate surface area is 90.4 Å². The van der Waals surface area contributed by atoms with Gasteiger partial charge in [0.2, 0.25) is 0 Å². The highest BCUT2D eigenvalue weighted by Gasteiger charge is 2.23. The van der Waals surface area contributed by atoms with Crippen molar-refractivity contribution in [2.75, 3.05) is 6.54 Å². The average molecular weight is 201 g/mol. The van der Waals surface area contributed by atoms with E-state index < -0.39 is 0 Å². The Hall–Kier alpha value is -1.46. The van der Waals surface area contributed by atoms with Gasteiger partial charge in [-0.2, -0.15) is 0 Å². The summed E-state index contributed by atoms with van der Waals surface area (Å²) in [6, 6.07) is 7.93. The van der Waals surface area contributed by atoms with E-state index >= 15 is 0 Å². The molecule has 0 unspecified atom stereocenters. The molecule has 0 saturated heterocycles. The molecule has 1 aliphatic carbocycles. The molecule has 2 rings (SSSR count). The lowest BCUT2D eigenvalue weighted by Gasteiger charge is -2.02. The molecule has 1 saturated carbocycles. The fourth-order valence-electron chi connectivity index (χ4n) is 1.23. The molecule has 2 heteroatoms. The van der Waals surface area contributed by atoms with Crippen molar-refractivity contribution in [2.45, 2.75) is 25.4 Å². The first-order valence-corrected chi connectivity index (χ1v) is 5.34. The van der Waals surface area contributed by atoms with Gasteiger partial charge < -0.3 is 10.5 Å². The smallest absolute Gasteiger partial charge is 0.119 e. The minimum Gasteiger partial charge on any atom is -0.490 e. The fraction of sp³-hybridized carbons (Fsp3) is 0.385. The van der Waals surface area contributed by atoms with E-state index in [0.717, 1.165) is 17.7 Å². The second-order valence-corrected chi connectivity index (χ2v) is 3.68. The first-order valence-electron chi connectivity index (χ1n) is 5.34. The van der Waals surface area contributed by atoms with E-state index in [9.17, 15) is 0 Å². The summed E-state index contributed by atoms with van der Waals surface area (Å²) in [4.78, 5) is 0. The van der Waals surface area contributed by atoms with Crippen molar-refractivity contribution in [3.63, 3.8) is 0 Å². The zero-order valence-corrected chi connectivity index (χ0v) is 8.70. The van der Waals surface area contributed by atoms with Crippen LogP contribution >= 0.6 is 0 Å². The predicted molar refractivity (Wildman–Crippen MR) is 60.6 cm³/mol. The summed E-state index contributed by atoms with van der Waals surface area (Å²) in [6.07, 6.45) is 3.59. The molecule has 0 heterocycles. The van der Waals surface area contributed by atoms with Crippen LogP contribution in [0.1, 0.15) is 24.8 Å². The summed E-state index contributed by atoms with van der Waals surface area (Å²) in [5.74, 6) is 7.01. The number of hydrogen-bond donors (Lipinski definition) is 1. The zero-order valence-electron chi connectivity index (χ0n) is 8.70. The summed E-state index contributed by atoms with van der Waals surface area (Å²) >= 11 is 0. The van der Waals surface area contributed by atoms with E-state index in [1.807, 2.05) is 24.3 Å². The van der Waals surface area contributed by atoms with Crippen LogP contribution in [-0.4, -0.2) is 12.6 Å². The van der Waals surface area contributed by atoms with Gasteiger partial charge in [0.15, 0.2) is 0 Å². The maximum Gasteiger partial charge on any atom is 0.119 e. The fourth-order valence-corrected chi connectivity index (χ4v) is 1.23. The van der Waals surface area contributed by atoms with Crippen LogP contribution in [0.3, 0.4) is 0 Å². The zero-order chi connectivity index (χ0) is 10.5. The van der Waals surface area contributed by atoms with E-state index in [4.69, 9.17) is 10.5 Å². The molecule has 2 N–H and O–H groups in total. The number of rotatable bonds is 3. The molecule has 0 bridgehead atoms. The predicted octanol–water partition coefficient (Wildman–Crippen LogP) is 1.93. The summed E-state index contributed by atoms with van der Waals surface area (Å²) in [7, 11) is 0. The molecular weight excluding hydrogens is 186 g/mol. The molecule has 1 aromatic rings. The van der Waals surface area contributed by atoms with Crippen LogP contribution < -0.4 is 10.5 Å². The third-order valence-corrected chi connectivity index (χ3v) is 2.18. The molecule has 15 heavy (non-hydrogen) atoms. The van der Waals surface area contributed by atoms with E-state index in [2.05, 4.69) is 11.8 Å². The van der Waals surface area contributed by atoms with Gasteiger partial charge in [-0.25, -0.2) is 0 Å². The molecule has 0 radical (unpaired) electrons. The molecule has 0 atom stereocenters. The third-order valence-electron chi connectivity index (χ3n) is 2.18. The first kappa shape index (κ1) is 10.1. The van der Waals surface area contributed by atoms with Gasteiger partial charge >= 0.3 is 0 Å². The van der Waals surface area contributed by atoms with Gasteiger partial charge in [-0.3, -0.25) is 0 Å². The first-order chi connectivity index (χ1) is 7.38. The second-order valence-electron chi connectivity index (χ2n) is 3.68. The van der Waals surface area contributed by atoms with Crippen LogP contribution in [0, 0.1) is 11.8 Å². The van der Waals surface area contributed by atoms with Crippen LogP contribution in [0.5, 0.6) is 5.75 Å². The quantitative estimate of drug-likeness (QED) is 0.758. The van der Waals surface area contributed by atoms with Crippen molar-refractivity contribution in [3.8, 4) is 17.6 Å². The van der Waals surface area contributed by atoms with Crippen molar-refractivity contribution in [1.82, 2.24) is 0 Å². The normalized spacial score (nSPS) is 14.2. The standard InChI is InChI=1S/C13H15NO/c14-10-2-1-3-11-4-6-12(7-5-11)15-13-8-9-13/h4-7,13H,2,8-10,14H2. The Morgan fingerprint density at radius 3 is 2.60 bits per heavy atom. The highest BCUT2D eigenvalue weighted by molar-refractivity contribution is 5.38. The van der Waals surface area contributed by atoms with Gasteiger partial charge in [0, 0.05) is 18.5 Å². The SMILES string of the molecule is NCCC#Cc1ccc(OC2CC2)cc1. The van der Waals surface area contributed by atoms with Crippen molar-refractivity contribution in [3.05, 3.63) is 29.8 Å². The average Bonchev–Trinajstić information content (AvgIpc) is 3.05. The number of hydrogen-bond acceptors (Lipinski definition) is 2. The maximum atomic E-state index is 5.64. The largest absolute Gasteiger partial charge is 0.490 e. The molecular formula is C13H15NO. The minimum atomic E-state index is 0.458. The Kier molecular flexibility index (Phi) is 3.26. The highest BCUT2D eigenvalue weighted by atomic mass is 16.5.